The van der Waals surface area contributed by atoms with Crippen molar-refractivity contribution in [1.29, 1.82) is 0 Å². The number of aromatic amines is 1. The topological polar surface area (TPSA) is 67.2 Å². The Morgan fingerprint density at radius 2 is 2.05 bits per heavy atom. The quantitative estimate of drug-likeness (QED) is 0.667. The first-order valence-electron chi connectivity index (χ1n) is 5.67. The van der Waals surface area contributed by atoms with Gasteiger partial charge in [-0.2, -0.15) is 0 Å². The predicted molar refractivity (Wildman–Crippen MR) is 72.9 cm³/mol. The summed E-state index contributed by atoms with van der Waals surface area (Å²) in [5.74, 6) is -0.236. The number of phenols is 1. The molecule has 0 aliphatic rings. The number of ether oxygens (including phenoxy) is 1. The van der Waals surface area contributed by atoms with Crippen LogP contribution in [-0.4, -0.2) is 27.7 Å². The van der Waals surface area contributed by atoms with Crippen molar-refractivity contribution in [2.45, 2.75) is 6.42 Å². The second-order valence-corrected chi connectivity index (χ2v) is 4.53. The monoisotopic (exact) mass is 278 g/mol. The van der Waals surface area contributed by atoms with Gasteiger partial charge in [-0.25, -0.2) is 4.79 Å². The molecular formula is C13H14N2O3S. The van der Waals surface area contributed by atoms with Crippen molar-refractivity contribution in [3.63, 3.8) is 0 Å². The van der Waals surface area contributed by atoms with Crippen LogP contribution in [0.3, 0.4) is 0 Å². The lowest BCUT2D eigenvalue weighted by atomic mass is 10.1. The van der Waals surface area contributed by atoms with Gasteiger partial charge in [-0.15, -0.1) is 0 Å². The molecular weight excluding hydrogens is 264 g/mol. The number of hydrogen-bond donors (Lipinski definition) is 2. The summed E-state index contributed by atoms with van der Waals surface area (Å²) in [4.78, 5) is 14.5. The molecule has 1 aromatic heterocycles. The van der Waals surface area contributed by atoms with Crippen LogP contribution in [0.15, 0.2) is 24.3 Å². The van der Waals surface area contributed by atoms with Crippen LogP contribution in [0.2, 0.25) is 0 Å². The van der Waals surface area contributed by atoms with Crippen molar-refractivity contribution in [2.75, 3.05) is 7.11 Å². The summed E-state index contributed by atoms with van der Waals surface area (Å²) in [6, 6.07) is 6.81. The summed E-state index contributed by atoms with van der Waals surface area (Å²) in [6.45, 7) is 0. The molecule has 5 nitrogen and oxygen atoms in total. The van der Waals surface area contributed by atoms with Crippen LogP contribution in [0.1, 0.15) is 21.7 Å². The number of nitrogens with zero attached hydrogens (tertiary/aromatic N) is 1. The molecule has 1 aromatic carbocycles. The van der Waals surface area contributed by atoms with Crippen LogP contribution in [0.25, 0.3) is 0 Å². The molecule has 19 heavy (non-hydrogen) atoms. The summed E-state index contributed by atoms with van der Waals surface area (Å²) in [6.07, 6.45) is 0.522. The minimum Gasteiger partial charge on any atom is -0.508 e. The molecule has 0 aliphatic carbocycles. The van der Waals surface area contributed by atoms with Crippen molar-refractivity contribution < 1.29 is 14.6 Å². The summed E-state index contributed by atoms with van der Waals surface area (Å²) < 4.78 is 6.94. The molecule has 0 radical (unpaired) electrons. The fourth-order valence-electron chi connectivity index (χ4n) is 1.84. The van der Waals surface area contributed by atoms with Crippen molar-refractivity contribution in [3.05, 3.63) is 46.0 Å². The Hall–Kier alpha value is -2.08. The predicted octanol–water partition coefficient (Wildman–Crippen LogP) is 2.17. The number of phenolic OH excluding ortho intramolecular Hbond substituents is 1. The van der Waals surface area contributed by atoms with Crippen molar-refractivity contribution in [1.82, 2.24) is 9.55 Å². The number of carbonyl (C=O) groups excluding carboxylic acids is 1. The van der Waals surface area contributed by atoms with Gasteiger partial charge in [0.05, 0.1) is 12.8 Å². The largest absolute Gasteiger partial charge is 0.508 e. The number of rotatable bonds is 3. The van der Waals surface area contributed by atoms with Gasteiger partial charge in [-0.05, 0) is 29.9 Å². The van der Waals surface area contributed by atoms with E-state index in [1.54, 1.807) is 35.9 Å². The minimum absolute atomic E-state index is 0.208. The Balaban J connectivity index is 2.41. The van der Waals surface area contributed by atoms with E-state index in [0.29, 0.717) is 16.9 Å². The molecule has 0 saturated heterocycles. The van der Waals surface area contributed by atoms with Gasteiger partial charge in [-0.1, -0.05) is 12.1 Å². The molecule has 2 N–H and O–H groups in total. The minimum atomic E-state index is -0.444. The molecule has 2 aromatic rings. The summed E-state index contributed by atoms with van der Waals surface area (Å²) >= 11 is 5.13. The molecule has 0 amide bonds. The SMILES string of the molecule is COC(=O)c1[nH]c(=S)n(C)c1Cc1ccc(O)cc1. The zero-order valence-electron chi connectivity index (χ0n) is 10.6. The third-order valence-corrected chi connectivity index (χ3v) is 3.30. The zero-order chi connectivity index (χ0) is 14.0. The van der Waals surface area contributed by atoms with E-state index in [9.17, 15) is 9.90 Å². The number of carbonyl (C=O) groups is 1. The maximum absolute atomic E-state index is 11.7. The Labute approximate surface area is 115 Å². The first-order valence-corrected chi connectivity index (χ1v) is 6.08. The van der Waals surface area contributed by atoms with Gasteiger partial charge in [-0.3, -0.25) is 0 Å². The fraction of sp³-hybridized carbons (Fsp3) is 0.231. The summed E-state index contributed by atoms with van der Waals surface area (Å²) in [5.41, 5.74) is 2.08. The van der Waals surface area contributed by atoms with E-state index in [0.717, 1.165) is 11.3 Å². The molecule has 2 rings (SSSR count). The van der Waals surface area contributed by atoms with Gasteiger partial charge in [0.2, 0.25) is 0 Å². The molecule has 0 aliphatic heterocycles. The maximum Gasteiger partial charge on any atom is 0.356 e. The molecule has 0 atom stereocenters. The van der Waals surface area contributed by atoms with Gasteiger partial charge in [0.1, 0.15) is 11.4 Å². The van der Waals surface area contributed by atoms with Crippen molar-refractivity contribution in [3.8, 4) is 5.75 Å². The number of nitrogens with one attached hydrogen (secondary N) is 1. The highest BCUT2D eigenvalue weighted by atomic mass is 32.1. The molecule has 6 heteroatoms. The Morgan fingerprint density at radius 3 is 2.63 bits per heavy atom. The number of benzene rings is 1. The third-order valence-electron chi connectivity index (χ3n) is 2.93. The van der Waals surface area contributed by atoms with Crippen LogP contribution >= 0.6 is 12.2 Å². The van der Waals surface area contributed by atoms with Gasteiger partial charge in [0.25, 0.3) is 0 Å². The first kappa shape index (κ1) is 13.4. The average Bonchev–Trinajstić information content (AvgIpc) is 2.68. The summed E-state index contributed by atoms with van der Waals surface area (Å²) in [5, 5.41) is 9.26. The number of hydrogen-bond acceptors (Lipinski definition) is 4. The fourth-order valence-corrected chi connectivity index (χ4v) is 2.05. The lowest BCUT2D eigenvalue weighted by Gasteiger charge is -2.06. The van der Waals surface area contributed by atoms with Gasteiger partial charge >= 0.3 is 5.97 Å². The van der Waals surface area contributed by atoms with E-state index in [1.807, 2.05) is 0 Å². The van der Waals surface area contributed by atoms with Crippen LogP contribution < -0.4 is 0 Å². The van der Waals surface area contributed by atoms with Crippen LogP contribution in [0.5, 0.6) is 5.75 Å². The highest BCUT2D eigenvalue weighted by Crippen LogP contribution is 2.17. The molecule has 0 saturated carbocycles. The second-order valence-electron chi connectivity index (χ2n) is 4.15. The number of esters is 1. The normalized spacial score (nSPS) is 10.4. The van der Waals surface area contributed by atoms with Crippen LogP contribution in [0, 0.1) is 4.77 Å². The highest BCUT2D eigenvalue weighted by molar-refractivity contribution is 7.71. The van der Waals surface area contributed by atoms with Crippen molar-refractivity contribution >= 4 is 18.2 Å². The molecule has 0 spiro atoms. The van der Waals surface area contributed by atoms with Crippen molar-refractivity contribution in [2.24, 2.45) is 7.05 Å². The molecule has 100 valence electrons. The van der Waals surface area contributed by atoms with E-state index < -0.39 is 5.97 Å². The maximum atomic E-state index is 11.7. The Kier molecular flexibility index (Phi) is 3.71. The van der Waals surface area contributed by atoms with E-state index in [4.69, 9.17) is 17.0 Å². The smallest absolute Gasteiger partial charge is 0.356 e. The van der Waals surface area contributed by atoms with Crippen LogP contribution in [-0.2, 0) is 18.2 Å². The number of imidazole rings is 1. The van der Waals surface area contributed by atoms with E-state index >= 15 is 0 Å². The molecule has 0 fully saturated rings. The van der Waals surface area contributed by atoms with E-state index in [2.05, 4.69) is 4.98 Å². The number of methoxy groups -OCH3 is 1. The molecule has 0 bridgehead atoms. The number of aromatic nitrogens is 2. The highest BCUT2D eigenvalue weighted by Gasteiger charge is 2.17. The number of aromatic hydroxyl groups is 1. The van der Waals surface area contributed by atoms with E-state index in [-0.39, 0.29) is 5.75 Å². The zero-order valence-corrected chi connectivity index (χ0v) is 11.5. The van der Waals surface area contributed by atoms with Crippen LogP contribution in [0.4, 0.5) is 0 Å². The van der Waals surface area contributed by atoms with Gasteiger partial charge < -0.3 is 19.4 Å². The number of H-pyrrole nitrogens is 1. The summed E-state index contributed by atoms with van der Waals surface area (Å²) in [7, 11) is 3.12. The van der Waals surface area contributed by atoms with E-state index in [1.165, 1.54) is 7.11 Å². The lowest BCUT2D eigenvalue weighted by Crippen LogP contribution is -2.08. The molecule has 0 unspecified atom stereocenters. The van der Waals surface area contributed by atoms with Gasteiger partial charge in [0.15, 0.2) is 4.77 Å². The van der Waals surface area contributed by atoms with Gasteiger partial charge in [0, 0.05) is 13.5 Å². The third kappa shape index (κ3) is 2.68. The Morgan fingerprint density at radius 1 is 1.42 bits per heavy atom. The standard InChI is InChI=1S/C13H14N2O3S/c1-15-10(7-8-3-5-9(16)6-4-8)11(12(17)18-2)14-13(15)19/h3-6,16H,7H2,1-2H3,(H,14,19). The average molecular weight is 278 g/mol. The second kappa shape index (κ2) is 5.27. The first-order chi connectivity index (χ1) is 9.02. The Bertz CT molecular complexity index is 656. The lowest BCUT2D eigenvalue weighted by molar-refractivity contribution is 0.0593. The molecule has 1 heterocycles.